The highest BCUT2D eigenvalue weighted by molar-refractivity contribution is 5.99. The molecule has 0 radical (unpaired) electrons. The lowest BCUT2D eigenvalue weighted by Crippen LogP contribution is -2.38. The summed E-state index contributed by atoms with van der Waals surface area (Å²) in [6, 6.07) is 7.30. The van der Waals surface area contributed by atoms with Gasteiger partial charge in [0.15, 0.2) is 0 Å². The Balaban J connectivity index is 2.09. The highest BCUT2D eigenvalue weighted by Crippen LogP contribution is 2.26. The molecule has 0 bridgehead atoms. The Bertz CT molecular complexity index is 399. The average Bonchev–Trinajstić information content (AvgIpc) is 2.25. The van der Waals surface area contributed by atoms with Crippen LogP contribution in [-0.4, -0.2) is 25.2 Å². The van der Waals surface area contributed by atoms with Gasteiger partial charge in [-0.1, -0.05) is 18.7 Å². The zero-order valence-electron chi connectivity index (χ0n) is 8.81. The molecule has 4 heteroatoms. The van der Waals surface area contributed by atoms with E-state index in [-0.39, 0.29) is 12.0 Å². The number of para-hydroxylation sites is 2. The van der Waals surface area contributed by atoms with Crippen LogP contribution in [0.3, 0.4) is 0 Å². The normalized spacial score (nSPS) is 15.0. The summed E-state index contributed by atoms with van der Waals surface area (Å²) in [4.78, 5) is 11.2. The van der Waals surface area contributed by atoms with Crippen molar-refractivity contribution in [2.45, 2.75) is 6.10 Å². The molecule has 1 aliphatic rings. The highest BCUT2D eigenvalue weighted by Gasteiger charge is 2.21. The van der Waals surface area contributed by atoms with Crippen molar-refractivity contribution in [1.29, 1.82) is 0 Å². The molecule has 1 fully saturated rings. The van der Waals surface area contributed by atoms with Gasteiger partial charge >= 0.3 is 0 Å². The molecule has 1 aromatic carbocycles. The number of carbonyl (C=O) groups excluding carboxylic acids is 1. The molecular formula is C12H13NO3. The van der Waals surface area contributed by atoms with Gasteiger partial charge in [-0.2, -0.15) is 0 Å². The molecule has 16 heavy (non-hydrogen) atoms. The van der Waals surface area contributed by atoms with Gasteiger partial charge in [-0.15, -0.1) is 0 Å². The summed E-state index contributed by atoms with van der Waals surface area (Å²) in [7, 11) is 0. The number of rotatable bonds is 4. The summed E-state index contributed by atoms with van der Waals surface area (Å²) in [5.41, 5.74) is 0.652. The van der Waals surface area contributed by atoms with E-state index in [0.717, 1.165) is 0 Å². The van der Waals surface area contributed by atoms with Gasteiger partial charge in [-0.05, 0) is 18.2 Å². The number of carbonyl (C=O) groups is 1. The zero-order chi connectivity index (χ0) is 11.4. The van der Waals surface area contributed by atoms with E-state index in [0.29, 0.717) is 24.7 Å². The number of hydrogen-bond acceptors (Lipinski definition) is 3. The maximum atomic E-state index is 11.2. The molecule has 0 unspecified atom stereocenters. The van der Waals surface area contributed by atoms with E-state index in [1.165, 1.54) is 6.08 Å². The first-order valence-corrected chi connectivity index (χ1v) is 5.06. The molecule has 0 spiro atoms. The average molecular weight is 219 g/mol. The highest BCUT2D eigenvalue weighted by atomic mass is 16.6. The summed E-state index contributed by atoms with van der Waals surface area (Å²) in [5.74, 6) is 0.409. The minimum absolute atomic E-state index is 0.0850. The van der Waals surface area contributed by atoms with E-state index in [2.05, 4.69) is 11.9 Å². The topological polar surface area (TPSA) is 47.6 Å². The van der Waals surface area contributed by atoms with Crippen molar-refractivity contribution in [2.75, 3.05) is 18.5 Å². The Labute approximate surface area is 93.9 Å². The maximum Gasteiger partial charge on any atom is 0.247 e. The van der Waals surface area contributed by atoms with Gasteiger partial charge in [0, 0.05) is 0 Å². The van der Waals surface area contributed by atoms with Crippen molar-refractivity contribution in [3.05, 3.63) is 36.9 Å². The predicted molar refractivity (Wildman–Crippen MR) is 60.5 cm³/mol. The Morgan fingerprint density at radius 3 is 2.88 bits per heavy atom. The minimum Gasteiger partial charge on any atom is -0.483 e. The SMILES string of the molecule is C=CC(=O)Nc1ccccc1OC1COC1. The van der Waals surface area contributed by atoms with Crippen LogP contribution in [0.15, 0.2) is 36.9 Å². The Morgan fingerprint density at radius 1 is 1.50 bits per heavy atom. The lowest BCUT2D eigenvalue weighted by Gasteiger charge is -2.27. The third-order valence-electron chi connectivity index (χ3n) is 2.23. The molecule has 0 atom stereocenters. The molecule has 1 amide bonds. The second-order valence-electron chi connectivity index (χ2n) is 3.47. The number of anilines is 1. The van der Waals surface area contributed by atoms with Crippen molar-refractivity contribution < 1.29 is 14.3 Å². The van der Waals surface area contributed by atoms with Crippen LogP contribution in [-0.2, 0) is 9.53 Å². The number of hydrogen-bond donors (Lipinski definition) is 1. The Kier molecular flexibility index (Phi) is 3.22. The summed E-state index contributed by atoms with van der Waals surface area (Å²) >= 11 is 0. The minimum atomic E-state index is -0.249. The molecule has 1 aliphatic heterocycles. The van der Waals surface area contributed by atoms with Crippen molar-refractivity contribution in [1.82, 2.24) is 0 Å². The smallest absolute Gasteiger partial charge is 0.247 e. The summed E-state index contributed by atoms with van der Waals surface area (Å²) in [5, 5.41) is 2.69. The first-order chi connectivity index (χ1) is 7.79. The van der Waals surface area contributed by atoms with Crippen LogP contribution in [0.2, 0.25) is 0 Å². The van der Waals surface area contributed by atoms with Gasteiger partial charge < -0.3 is 14.8 Å². The molecule has 1 saturated heterocycles. The maximum absolute atomic E-state index is 11.2. The first kappa shape index (κ1) is 10.7. The van der Waals surface area contributed by atoms with Crippen molar-refractivity contribution >= 4 is 11.6 Å². The number of nitrogens with one attached hydrogen (secondary N) is 1. The standard InChI is InChI=1S/C12H13NO3/c1-2-12(14)13-10-5-3-4-6-11(10)16-9-7-15-8-9/h2-6,9H,1,7-8H2,(H,13,14). The van der Waals surface area contributed by atoms with Gasteiger partial charge in [0.05, 0.1) is 18.9 Å². The zero-order valence-corrected chi connectivity index (χ0v) is 8.81. The van der Waals surface area contributed by atoms with Gasteiger partial charge in [0.25, 0.3) is 0 Å². The van der Waals surface area contributed by atoms with E-state index in [1.54, 1.807) is 6.07 Å². The molecule has 0 aromatic heterocycles. The lowest BCUT2D eigenvalue weighted by atomic mass is 10.2. The molecule has 1 aromatic rings. The lowest BCUT2D eigenvalue weighted by molar-refractivity contribution is -0.111. The quantitative estimate of drug-likeness (QED) is 0.782. The molecule has 0 aliphatic carbocycles. The van der Waals surface area contributed by atoms with Crippen LogP contribution in [0.25, 0.3) is 0 Å². The first-order valence-electron chi connectivity index (χ1n) is 5.06. The summed E-state index contributed by atoms with van der Waals surface area (Å²) < 4.78 is 10.7. The van der Waals surface area contributed by atoms with E-state index < -0.39 is 0 Å². The van der Waals surface area contributed by atoms with Gasteiger partial charge in [0.2, 0.25) is 5.91 Å². The second-order valence-corrected chi connectivity index (χ2v) is 3.47. The van der Waals surface area contributed by atoms with Crippen molar-refractivity contribution in [3.8, 4) is 5.75 Å². The molecule has 0 saturated carbocycles. The molecular weight excluding hydrogens is 206 g/mol. The fourth-order valence-electron chi connectivity index (χ4n) is 1.32. The number of ether oxygens (including phenoxy) is 2. The summed E-state index contributed by atoms with van der Waals surface area (Å²) in [6.45, 7) is 4.60. The third-order valence-corrected chi connectivity index (χ3v) is 2.23. The number of benzene rings is 1. The third kappa shape index (κ3) is 2.41. The van der Waals surface area contributed by atoms with E-state index in [4.69, 9.17) is 9.47 Å². The second kappa shape index (κ2) is 4.81. The van der Waals surface area contributed by atoms with Crippen LogP contribution < -0.4 is 10.1 Å². The molecule has 1 heterocycles. The van der Waals surface area contributed by atoms with Crippen molar-refractivity contribution in [3.63, 3.8) is 0 Å². The van der Waals surface area contributed by atoms with Crippen molar-refractivity contribution in [2.24, 2.45) is 0 Å². The van der Waals surface area contributed by atoms with Crippen LogP contribution in [0.4, 0.5) is 5.69 Å². The molecule has 84 valence electrons. The Hall–Kier alpha value is -1.81. The largest absolute Gasteiger partial charge is 0.483 e. The van der Waals surface area contributed by atoms with Gasteiger partial charge in [0.1, 0.15) is 11.9 Å². The Morgan fingerprint density at radius 2 is 2.25 bits per heavy atom. The predicted octanol–water partition coefficient (Wildman–Crippen LogP) is 1.59. The van der Waals surface area contributed by atoms with Crippen LogP contribution in [0.1, 0.15) is 0 Å². The summed E-state index contributed by atoms with van der Waals surface area (Å²) in [6.07, 6.45) is 1.31. The molecule has 2 rings (SSSR count). The van der Waals surface area contributed by atoms with Crippen LogP contribution in [0.5, 0.6) is 5.75 Å². The molecule has 1 N–H and O–H groups in total. The van der Waals surface area contributed by atoms with E-state index >= 15 is 0 Å². The van der Waals surface area contributed by atoms with E-state index in [1.807, 2.05) is 18.2 Å². The van der Waals surface area contributed by atoms with Gasteiger partial charge in [-0.25, -0.2) is 0 Å². The van der Waals surface area contributed by atoms with Crippen LogP contribution >= 0.6 is 0 Å². The number of amides is 1. The van der Waals surface area contributed by atoms with Gasteiger partial charge in [-0.3, -0.25) is 4.79 Å². The monoisotopic (exact) mass is 219 g/mol. The fourth-order valence-corrected chi connectivity index (χ4v) is 1.32. The fraction of sp³-hybridized carbons (Fsp3) is 0.250. The molecule has 4 nitrogen and oxygen atoms in total. The van der Waals surface area contributed by atoms with Crippen LogP contribution in [0, 0.1) is 0 Å². The van der Waals surface area contributed by atoms with E-state index in [9.17, 15) is 4.79 Å².